The first-order valence-corrected chi connectivity index (χ1v) is 4.73. The Bertz CT molecular complexity index is 410. The summed E-state index contributed by atoms with van der Waals surface area (Å²) in [6, 6.07) is 3.41. The number of methoxy groups -OCH3 is 1. The number of hydrogen-bond acceptors (Lipinski definition) is 5. The number of anilines is 2. The maximum atomic E-state index is 5.82. The highest BCUT2D eigenvalue weighted by molar-refractivity contribution is 5.66. The lowest BCUT2D eigenvalue weighted by atomic mass is 10.3. The van der Waals surface area contributed by atoms with Crippen LogP contribution in [0.25, 0.3) is 0 Å². The van der Waals surface area contributed by atoms with Crippen LogP contribution in [0.15, 0.2) is 36.8 Å². The molecule has 0 aliphatic rings. The van der Waals surface area contributed by atoms with Crippen LogP contribution in [0.4, 0.5) is 11.5 Å². The predicted octanol–water partition coefficient (Wildman–Crippen LogP) is 1.44. The summed E-state index contributed by atoms with van der Waals surface area (Å²) in [6.07, 6.45) is 3.26. The molecule has 0 saturated heterocycles. The van der Waals surface area contributed by atoms with Gasteiger partial charge in [-0.1, -0.05) is 6.58 Å². The third kappa shape index (κ3) is 2.66. The van der Waals surface area contributed by atoms with Crippen molar-refractivity contribution >= 4 is 11.5 Å². The van der Waals surface area contributed by atoms with Crippen molar-refractivity contribution in [3.63, 3.8) is 0 Å². The van der Waals surface area contributed by atoms with Crippen molar-refractivity contribution in [1.82, 2.24) is 4.98 Å². The Labute approximate surface area is 95.0 Å². The van der Waals surface area contributed by atoms with Gasteiger partial charge >= 0.3 is 0 Å². The largest absolute Gasteiger partial charge is 0.481 e. The molecule has 0 unspecified atom stereocenters. The van der Waals surface area contributed by atoms with Crippen LogP contribution in [0.3, 0.4) is 0 Å². The number of rotatable bonds is 4. The molecule has 0 amide bonds. The first-order valence-electron chi connectivity index (χ1n) is 4.73. The first kappa shape index (κ1) is 11.9. The molecule has 0 aliphatic carbocycles. The standard InChI is InChI=1S/C11H16N4O/c1-4-15(7-8(2)12)11-9(13)5-6-10(14-11)16-3/h4-7H,1,12-13H2,2-3H3/b8-7-. The fourth-order valence-corrected chi connectivity index (χ4v) is 1.18. The van der Waals surface area contributed by atoms with Gasteiger partial charge in [0.15, 0.2) is 5.82 Å². The van der Waals surface area contributed by atoms with Crippen molar-refractivity contribution < 1.29 is 4.74 Å². The Morgan fingerprint density at radius 2 is 2.25 bits per heavy atom. The molecule has 0 bridgehead atoms. The molecule has 5 heteroatoms. The molecule has 0 radical (unpaired) electrons. The molecule has 5 nitrogen and oxygen atoms in total. The lowest BCUT2D eigenvalue weighted by Crippen LogP contribution is -2.13. The molecule has 86 valence electrons. The van der Waals surface area contributed by atoms with Crippen molar-refractivity contribution in [3.05, 3.63) is 36.8 Å². The second-order valence-electron chi connectivity index (χ2n) is 3.23. The molecule has 16 heavy (non-hydrogen) atoms. The van der Waals surface area contributed by atoms with E-state index in [-0.39, 0.29) is 0 Å². The summed E-state index contributed by atoms with van der Waals surface area (Å²) in [7, 11) is 1.55. The zero-order valence-electron chi connectivity index (χ0n) is 9.47. The predicted molar refractivity (Wildman–Crippen MR) is 65.8 cm³/mol. The molecule has 4 N–H and O–H groups in total. The highest BCUT2D eigenvalue weighted by Gasteiger charge is 2.08. The summed E-state index contributed by atoms with van der Waals surface area (Å²) in [4.78, 5) is 5.87. The Morgan fingerprint density at radius 1 is 1.56 bits per heavy atom. The molecule has 1 heterocycles. The molecule has 1 aromatic heterocycles. The Kier molecular flexibility index (Phi) is 3.77. The van der Waals surface area contributed by atoms with E-state index in [2.05, 4.69) is 11.6 Å². The average Bonchev–Trinajstić information content (AvgIpc) is 2.26. The minimum Gasteiger partial charge on any atom is -0.481 e. The molecule has 1 rings (SSSR count). The van der Waals surface area contributed by atoms with Crippen molar-refractivity contribution in [1.29, 1.82) is 0 Å². The zero-order valence-corrected chi connectivity index (χ0v) is 9.47. The van der Waals surface area contributed by atoms with Crippen molar-refractivity contribution in [2.75, 3.05) is 17.7 Å². The lowest BCUT2D eigenvalue weighted by Gasteiger charge is -2.17. The van der Waals surface area contributed by atoms with Gasteiger partial charge in [-0.2, -0.15) is 4.98 Å². The highest BCUT2D eigenvalue weighted by atomic mass is 16.5. The zero-order chi connectivity index (χ0) is 12.1. The third-order valence-corrected chi connectivity index (χ3v) is 1.87. The first-order chi connectivity index (χ1) is 7.58. The fourth-order valence-electron chi connectivity index (χ4n) is 1.18. The van der Waals surface area contributed by atoms with Crippen molar-refractivity contribution in [3.8, 4) is 5.88 Å². The number of allylic oxidation sites excluding steroid dienone is 1. The van der Waals surface area contributed by atoms with Gasteiger partial charge in [0.25, 0.3) is 0 Å². The van der Waals surface area contributed by atoms with Gasteiger partial charge in [-0.05, 0) is 13.0 Å². The van der Waals surface area contributed by atoms with Crippen LogP contribution in [-0.4, -0.2) is 12.1 Å². The van der Waals surface area contributed by atoms with E-state index in [4.69, 9.17) is 16.2 Å². The number of nitrogen functional groups attached to an aromatic ring is 1. The van der Waals surface area contributed by atoms with Crippen LogP contribution >= 0.6 is 0 Å². The Balaban J connectivity index is 3.18. The molecule has 0 fully saturated rings. The van der Waals surface area contributed by atoms with Gasteiger partial charge in [-0.25, -0.2) is 0 Å². The molecule has 0 aliphatic heterocycles. The lowest BCUT2D eigenvalue weighted by molar-refractivity contribution is 0.398. The highest BCUT2D eigenvalue weighted by Crippen LogP contribution is 2.24. The van der Waals surface area contributed by atoms with Crippen LogP contribution in [0.1, 0.15) is 6.92 Å². The number of nitrogens with two attached hydrogens (primary N) is 2. The number of hydrogen-bond donors (Lipinski definition) is 2. The summed E-state index contributed by atoms with van der Waals surface area (Å²) in [5.41, 5.74) is 12.6. The van der Waals surface area contributed by atoms with E-state index in [9.17, 15) is 0 Å². The van der Waals surface area contributed by atoms with Gasteiger partial charge in [-0.3, -0.25) is 0 Å². The summed E-state index contributed by atoms with van der Waals surface area (Å²) in [5.74, 6) is 1.03. The van der Waals surface area contributed by atoms with E-state index in [1.54, 1.807) is 43.5 Å². The van der Waals surface area contributed by atoms with E-state index in [0.717, 1.165) is 0 Å². The number of nitrogens with zero attached hydrogens (tertiary/aromatic N) is 2. The maximum Gasteiger partial charge on any atom is 0.215 e. The van der Waals surface area contributed by atoms with Gasteiger partial charge in [0.1, 0.15) is 0 Å². The molecule has 0 aromatic carbocycles. The molecular formula is C11H16N4O. The van der Waals surface area contributed by atoms with E-state index in [0.29, 0.717) is 23.1 Å². The van der Waals surface area contributed by atoms with Crippen LogP contribution in [-0.2, 0) is 0 Å². The molecule has 0 spiro atoms. The average molecular weight is 220 g/mol. The van der Waals surface area contributed by atoms with Crippen molar-refractivity contribution in [2.45, 2.75) is 6.92 Å². The van der Waals surface area contributed by atoms with Crippen LogP contribution in [0, 0.1) is 0 Å². The van der Waals surface area contributed by atoms with E-state index in [1.807, 2.05) is 0 Å². The van der Waals surface area contributed by atoms with Gasteiger partial charge in [0.05, 0.1) is 12.8 Å². The number of aromatic nitrogens is 1. The third-order valence-electron chi connectivity index (χ3n) is 1.87. The monoisotopic (exact) mass is 220 g/mol. The van der Waals surface area contributed by atoms with Crippen LogP contribution in [0.2, 0.25) is 0 Å². The second kappa shape index (κ2) is 5.06. The number of pyridine rings is 1. The smallest absolute Gasteiger partial charge is 0.215 e. The molecular weight excluding hydrogens is 204 g/mol. The maximum absolute atomic E-state index is 5.82. The number of ether oxygens (including phenoxy) is 1. The Morgan fingerprint density at radius 3 is 2.75 bits per heavy atom. The minimum atomic E-state index is 0.485. The quantitative estimate of drug-likeness (QED) is 0.802. The second-order valence-corrected chi connectivity index (χ2v) is 3.23. The minimum absolute atomic E-state index is 0.485. The molecule has 0 saturated carbocycles. The van der Waals surface area contributed by atoms with Crippen molar-refractivity contribution in [2.24, 2.45) is 5.73 Å². The van der Waals surface area contributed by atoms with Crippen LogP contribution < -0.4 is 21.1 Å². The van der Waals surface area contributed by atoms with Crippen LogP contribution in [0.5, 0.6) is 5.88 Å². The van der Waals surface area contributed by atoms with Gasteiger partial charge in [0, 0.05) is 24.2 Å². The van der Waals surface area contributed by atoms with Gasteiger partial charge in [0.2, 0.25) is 5.88 Å². The summed E-state index contributed by atoms with van der Waals surface area (Å²) < 4.78 is 5.03. The summed E-state index contributed by atoms with van der Waals surface area (Å²) in [6.45, 7) is 5.45. The van der Waals surface area contributed by atoms with Gasteiger partial charge in [-0.15, -0.1) is 0 Å². The summed E-state index contributed by atoms with van der Waals surface area (Å²) >= 11 is 0. The summed E-state index contributed by atoms with van der Waals surface area (Å²) in [5, 5.41) is 0. The Hall–Kier alpha value is -2.17. The van der Waals surface area contributed by atoms with E-state index >= 15 is 0 Å². The molecule has 1 aromatic rings. The normalized spacial score (nSPS) is 11.0. The van der Waals surface area contributed by atoms with E-state index in [1.165, 1.54) is 0 Å². The van der Waals surface area contributed by atoms with Gasteiger partial charge < -0.3 is 21.1 Å². The fraction of sp³-hybridized carbons (Fsp3) is 0.182. The SMILES string of the molecule is C=CN(/C=C(/C)N)c1nc(OC)ccc1N. The topological polar surface area (TPSA) is 77.4 Å². The molecule has 0 atom stereocenters. The van der Waals surface area contributed by atoms with E-state index < -0.39 is 0 Å².